The highest BCUT2D eigenvalue weighted by atomic mass is 16.1. The first kappa shape index (κ1) is 16.2. The average Bonchev–Trinajstić information content (AvgIpc) is 2.49. The maximum absolute atomic E-state index is 12.4. The molecule has 0 saturated heterocycles. The number of hydrogen-bond donors (Lipinski definition) is 2. The average molecular weight is 296 g/mol. The number of nitrogens with one attached hydrogen (secondary N) is 1. The zero-order valence-corrected chi connectivity index (χ0v) is 13.5. The zero-order valence-electron chi connectivity index (χ0n) is 13.5. The molecule has 0 radical (unpaired) electrons. The van der Waals surface area contributed by atoms with Crippen LogP contribution in [-0.2, 0) is 13.0 Å². The number of carbonyl (C=O) groups is 1. The van der Waals surface area contributed by atoms with Gasteiger partial charge in [0.05, 0.1) is 0 Å². The Morgan fingerprint density at radius 2 is 1.73 bits per heavy atom. The van der Waals surface area contributed by atoms with Crippen LogP contribution >= 0.6 is 0 Å². The molecule has 0 unspecified atom stereocenters. The summed E-state index contributed by atoms with van der Waals surface area (Å²) in [5.41, 5.74) is 9.46. The molecule has 0 spiro atoms. The van der Waals surface area contributed by atoms with Gasteiger partial charge >= 0.3 is 0 Å². The Morgan fingerprint density at radius 1 is 1.09 bits per heavy atom. The predicted molar refractivity (Wildman–Crippen MR) is 90.8 cm³/mol. The molecule has 3 nitrogen and oxygen atoms in total. The summed E-state index contributed by atoms with van der Waals surface area (Å²) < 4.78 is 0. The lowest BCUT2D eigenvalue weighted by Crippen LogP contribution is -2.45. The molecule has 116 valence electrons. The molecule has 0 atom stereocenters. The van der Waals surface area contributed by atoms with E-state index in [0.29, 0.717) is 12.1 Å². The SMILES string of the molecule is Cc1ccccc1CC(C)(C)NC(=O)c1ccc(CN)cc1. The minimum Gasteiger partial charge on any atom is -0.347 e. The van der Waals surface area contributed by atoms with Gasteiger partial charge in [0.1, 0.15) is 0 Å². The fraction of sp³-hybridized carbons (Fsp3) is 0.316. The van der Waals surface area contributed by atoms with E-state index in [9.17, 15) is 4.79 Å². The van der Waals surface area contributed by atoms with Gasteiger partial charge in [-0.3, -0.25) is 4.79 Å². The summed E-state index contributed by atoms with van der Waals surface area (Å²) in [6, 6.07) is 15.7. The van der Waals surface area contributed by atoms with Gasteiger partial charge in [-0.2, -0.15) is 0 Å². The molecular weight excluding hydrogens is 272 g/mol. The van der Waals surface area contributed by atoms with Crippen molar-refractivity contribution >= 4 is 5.91 Å². The molecular formula is C19H24N2O. The van der Waals surface area contributed by atoms with Gasteiger partial charge < -0.3 is 11.1 Å². The summed E-state index contributed by atoms with van der Waals surface area (Å²) in [4.78, 5) is 12.4. The van der Waals surface area contributed by atoms with Crippen molar-refractivity contribution in [2.75, 3.05) is 0 Å². The Balaban J connectivity index is 2.07. The van der Waals surface area contributed by atoms with Gasteiger partial charge in [-0.15, -0.1) is 0 Å². The molecule has 2 aromatic rings. The van der Waals surface area contributed by atoms with Gasteiger partial charge in [0.15, 0.2) is 0 Å². The molecule has 0 heterocycles. The molecule has 0 aliphatic heterocycles. The molecule has 2 aromatic carbocycles. The van der Waals surface area contributed by atoms with E-state index in [1.54, 1.807) is 0 Å². The Hall–Kier alpha value is -2.13. The second-order valence-corrected chi connectivity index (χ2v) is 6.34. The van der Waals surface area contributed by atoms with Gasteiger partial charge in [-0.05, 0) is 56.0 Å². The van der Waals surface area contributed by atoms with Crippen LogP contribution in [-0.4, -0.2) is 11.4 Å². The van der Waals surface area contributed by atoms with Crippen molar-refractivity contribution < 1.29 is 4.79 Å². The predicted octanol–water partition coefficient (Wildman–Crippen LogP) is 3.20. The van der Waals surface area contributed by atoms with Crippen LogP contribution in [0.2, 0.25) is 0 Å². The lowest BCUT2D eigenvalue weighted by atomic mass is 9.92. The van der Waals surface area contributed by atoms with Crippen LogP contribution in [0.4, 0.5) is 0 Å². The number of hydrogen-bond acceptors (Lipinski definition) is 2. The van der Waals surface area contributed by atoms with E-state index >= 15 is 0 Å². The summed E-state index contributed by atoms with van der Waals surface area (Å²) >= 11 is 0. The molecule has 0 aliphatic rings. The van der Waals surface area contributed by atoms with Gasteiger partial charge in [0, 0.05) is 17.6 Å². The van der Waals surface area contributed by atoms with Crippen molar-refractivity contribution in [3.63, 3.8) is 0 Å². The Labute approximate surface area is 132 Å². The van der Waals surface area contributed by atoms with Gasteiger partial charge in [0.2, 0.25) is 0 Å². The topological polar surface area (TPSA) is 55.1 Å². The van der Waals surface area contributed by atoms with Crippen LogP contribution in [0.1, 0.15) is 40.9 Å². The fourth-order valence-corrected chi connectivity index (χ4v) is 2.50. The van der Waals surface area contributed by atoms with Crippen LogP contribution in [0.15, 0.2) is 48.5 Å². The fourth-order valence-electron chi connectivity index (χ4n) is 2.50. The van der Waals surface area contributed by atoms with E-state index in [0.717, 1.165) is 12.0 Å². The maximum Gasteiger partial charge on any atom is 0.251 e. The largest absolute Gasteiger partial charge is 0.347 e. The maximum atomic E-state index is 12.4. The summed E-state index contributed by atoms with van der Waals surface area (Å²) in [5.74, 6) is -0.0536. The van der Waals surface area contributed by atoms with Crippen molar-refractivity contribution in [3.05, 3.63) is 70.8 Å². The molecule has 22 heavy (non-hydrogen) atoms. The summed E-state index contributed by atoms with van der Waals surface area (Å²) in [5, 5.41) is 3.12. The van der Waals surface area contributed by atoms with Crippen LogP contribution < -0.4 is 11.1 Å². The van der Waals surface area contributed by atoms with Crippen molar-refractivity contribution in [1.29, 1.82) is 0 Å². The first-order valence-corrected chi connectivity index (χ1v) is 7.57. The summed E-state index contributed by atoms with van der Waals surface area (Å²) in [6.07, 6.45) is 0.798. The van der Waals surface area contributed by atoms with E-state index in [1.165, 1.54) is 11.1 Å². The van der Waals surface area contributed by atoms with E-state index in [2.05, 4.69) is 24.4 Å². The Morgan fingerprint density at radius 3 is 2.32 bits per heavy atom. The monoisotopic (exact) mass is 296 g/mol. The third kappa shape index (κ3) is 4.18. The lowest BCUT2D eigenvalue weighted by molar-refractivity contribution is 0.0913. The van der Waals surface area contributed by atoms with Crippen molar-refractivity contribution in [1.82, 2.24) is 5.32 Å². The number of aryl methyl sites for hydroxylation is 1. The van der Waals surface area contributed by atoms with Crippen LogP contribution in [0.3, 0.4) is 0 Å². The van der Waals surface area contributed by atoms with Crippen LogP contribution in [0.25, 0.3) is 0 Å². The molecule has 0 fully saturated rings. The normalized spacial score (nSPS) is 11.3. The third-order valence-corrected chi connectivity index (χ3v) is 3.80. The van der Waals surface area contributed by atoms with E-state index < -0.39 is 0 Å². The first-order valence-electron chi connectivity index (χ1n) is 7.57. The van der Waals surface area contributed by atoms with E-state index in [1.807, 2.05) is 50.2 Å². The molecule has 3 heteroatoms. The van der Waals surface area contributed by atoms with Crippen molar-refractivity contribution in [3.8, 4) is 0 Å². The molecule has 2 rings (SSSR count). The number of carbonyl (C=O) groups excluding carboxylic acids is 1. The Bertz CT molecular complexity index is 645. The highest BCUT2D eigenvalue weighted by Crippen LogP contribution is 2.17. The minimum atomic E-state index is -0.310. The van der Waals surface area contributed by atoms with E-state index in [4.69, 9.17) is 5.73 Å². The van der Waals surface area contributed by atoms with Crippen LogP contribution in [0.5, 0.6) is 0 Å². The van der Waals surface area contributed by atoms with E-state index in [-0.39, 0.29) is 11.4 Å². The molecule has 3 N–H and O–H groups in total. The molecule has 0 bridgehead atoms. The van der Waals surface area contributed by atoms with Gasteiger partial charge in [-0.1, -0.05) is 36.4 Å². The van der Waals surface area contributed by atoms with Crippen molar-refractivity contribution in [2.45, 2.75) is 39.3 Å². The number of benzene rings is 2. The second-order valence-electron chi connectivity index (χ2n) is 6.34. The third-order valence-electron chi connectivity index (χ3n) is 3.80. The number of nitrogens with two attached hydrogens (primary N) is 1. The zero-order chi connectivity index (χ0) is 16.2. The Kier molecular flexibility index (Phi) is 4.99. The number of amides is 1. The lowest BCUT2D eigenvalue weighted by Gasteiger charge is -2.27. The van der Waals surface area contributed by atoms with Gasteiger partial charge in [0.25, 0.3) is 5.91 Å². The molecule has 0 saturated carbocycles. The molecule has 1 amide bonds. The molecule has 0 aliphatic carbocycles. The minimum absolute atomic E-state index is 0.0536. The quantitative estimate of drug-likeness (QED) is 0.890. The van der Waals surface area contributed by atoms with Gasteiger partial charge in [-0.25, -0.2) is 0 Å². The highest BCUT2D eigenvalue weighted by Gasteiger charge is 2.22. The first-order chi connectivity index (χ1) is 10.4. The summed E-state index contributed by atoms with van der Waals surface area (Å²) in [6.45, 7) is 6.68. The highest BCUT2D eigenvalue weighted by molar-refractivity contribution is 5.94. The smallest absolute Gasteiger partial charge is 0.251 e. The number of rotatable bonds is 5. The molecule has 0 aromatic heterocycles. The summed E-state index contributed by atoms with van der Waals surface area (Å²) in [7, 11) is 0. The van der Waals surface area contributed by atoms with Crippen LogP contribution in [0, 0.1) is 6.92 Å². The standard InChI is InChI=1S/C19H24N2O/c1-14-6-4-5-7-17(14)12-19(2,3)21-18(22)16-10-8-15(13-20)9-11-16/h4-11H,12-13,20H2,1-3H3,(H,21,22). The van der Waals surface area contributed by atoms with Crippen molar-refractivity contribution in [2.24, 2.45) is 5.73 Å². The second kappa shape index (κ2) is 6.75.